The van der Waals surface area contributed by atoms with Gasteiger partial charge in [0.05, 0.1) is 29.3 Å². The summed E-state index contributed by atoms with van der Waals surface area (Å²) in [6, 6.07) is 16.8. The van der Waals surface area contributed by atoms with E-state index < -0.39 is 0 Å². The van der Waals surface area contributed by atoms with Crippen LogP contribution in [0.25, 0.3) is 10.4 Å². The van der Waals surface area contributed by atoms with Crippen LogP contribution in [0.4, 0.5) is 10.1 Å². The van der Waals surface area contributed by atoms with E-state index in [0.717, 1.165) is 0 Å². The average Bonchev–Trinajstić information content (AvgIpc) is 3.25. The molecular formula is C22H19FN2O3S. The van der Waals surface area contributed by atoms with Crippen molar-refractivity contribution in [2.24, 2.45) is 0 Å². The second-order valence-corrected chi connectivity index (χ2v) is 7.63. The maximum Gasteiger partial charge on any atom is 0.265 e. The lowest BCUT2D eigenvalue weighted by molar-refractivity contribution is 0.0303. The molecule has 148 valence electrons. The molecule has 0 aliphatic carbocycles. The predicted octanol–water partition coefficient (Wildman–Crippen LogP) is 4.28. The van der Waals surface area contributed by atoms with E-state index in [2.05, 4.69) is 5.32 Å². The van der Waals surface area contributed by atoms with Crippen LogP contribution in [0.1, 0.15) is 20.0 Å². The molecule has 2 aromatic carbocycles. The molecule has 2 amide bonds. The van der Waals surface area contributed by atoms with Gasteiger partial charge in [-0.2, -0.15) is 0 Å². The fourth-order valence-electron chi connectivity index (χ4n) is 3.17. The maximum absolute atomic E-state index is 14.0. The highest BCUT2D eigenvalue weighted by atomic mass is 32.1. The Bertz CT molecular complexity index is 1040. The molecule has 0 spiro atoms. The van der Waals surface area contributed by atoms with Crippen molar-refractivity contribution in [3.8, 4) is 10.4 Å². The summed E-state index contributed by atoms with van der Waals surface area (Å²) in [5.41, 5.74) is 1.35. The van der Waals surface area contributed by atoms with E-state index in [0.29, 0.717) is 52.9 Å². The fourth-order valence-corrected chi connectivity index (χ4v) is 4.09. The highest BCUT2D eigenvalue weighted by Crippen LogP contribution is 2.30. The van der Waals surface area contributed by atoms with Gasteiger partial charge in [-0.3, -0.25) is 9.59 Å². The molecule has 1 aliphatic heterocycles. The first-order valence-electron chi connectivity index (χ1n) is 9.25. The minimum absolute atomic E-state index is 0.137. The van der Waals surface area contributed by atoms with E-state index in [1.165, 1.54) is 17.4 Å². The summed E-state index contributed by atoms with van der Waals surface area (Å²) in [5.74, 6) is -0.801. The van der Waals surface area contributed by atoms with Gasteiger partial charge in [-0.25, -0.2) is 4.39 Å². The minimum Gasteiger partial charge on any atom is -0.378 e. The number of para-hydroxylation sites is 1. The Morgan fingerprint density at radius 2 is 1.69 bits per heavy atom. The summed E-state index contributed by atoms with van der Waals surface area (Å²) >= 11 is 1.21. The Morgan fingerprint density at radius 3 is 2.48 bits per heavy atom. The van der Waals surface area contributed by atoms with Crippen LogP contribution in [0, 0.1) is 5.82 Å². The van der Waals surface area contributed by atoms with Gasteiger partial charge in [0, 0.05) is 23.5 Å². The predicted molar refractivity (Wildman–Crippen MR) is 111 cm³/mol. The third-order valence-electron chi connectivity index (χ3n) is 4.67. The van der Waals surface area contributed by atoms with Crippen molar-refractivity contribution >= 4 is 28.8 Å². The van der Waals surface area contributed by atoms with Crippen molar-refractivity contribution < 1.29 is 18.7 Å². The summed E-state index contributed by atoms with van der Waals surface area (Å²) in [4.78, 5) is 28.4. The number of morpholine rings is 1. The lowest BCUT2D eigenvalue weighted by Gasteiger charge is -2.27. The standard InChI is InChI=1S/C22H19FN2O3S/c23-17-7-3-1-5-15(17)19-9-10-20(29-19)21(26)24-18-8-4-2-6-16(18)22(27)25-11-13-28-14-12-25/h1-10H,11-14H2,(H,24,26). The molecular weight excluding hydrogens is 391 g/mol. The molecule has 1 aliphatic rings. The van der Waals surface area contributed by atoms with Gasteiger partial charge in [-0.15, -0.1) is 11.3 Å². The van der Waals surface area contributed by atoms with Crippen molar-refractivity contribution in [1.82, 2.24) is 4.90 Å². The molecule has 7 heteroatoms. The number of amides is 2. The number of hydrogen-bond acceptors (Lipinski definition) is 4. The Labute approximate surface area is 171 Å². The zero-order chi connectivity index (χ0) is 20.2. The lowest BCUT2D eigenvalue weighted by Crippen LogP contribution is -2.41. The van der Waals surface area contributed by atoms with Gasteiger partial charge in [0.15, 0.2) is 0 Å². The van der Waals surface area contributed by atoms with Crippen LogP contribution < -0.4 is 5.32 Å². The van der Waals surface area contributed by atoms with Gasteiger partial charge < -0.3 is 15.0 Å². The first kappa shape index (κ1) is 19.3. The summed E-state index contributed by atoms with van der Waals surface area (Å²) < 4.78 is 19.3. The van der Waals surface area contributed by atoms with E-state index in [4.69, 9.17) is 4.74 Å². The molecule has 1 aromatic heterocycles. The molecule has 2 heterocycles. The number of benzene rings is 2. The Balaban J connectivity index is 1.54. The smallest absolute Gasteiger partial charge is 0.265 e. The van der Waals surface area contributed by atoms with E-state index in [-0.39, 0.29) is 17.6 Å². The first-order chi connectivity index (χ1) is 14.1. The number of rotatable bonds is 4. The molecule has 0 atom stereocenters. The number of hydrogen-bond donors (Lipinski definition) is 1. The van der Waals surface area contributed by atoms with Crippen LogP contribution in [-0.2, 0) is 4.74 Å². The van der Waals surface area contributed by atoms with Gasteiger partial charge in [0.1, 0.15) is 5.82 Å². The van der Waals surface area contributed by atoms with Crippen molar-refractivity contribution in [1.29, 1.82) is 0 Å². The van der Waals surface area contributed by atoms with Crippen molar-refractivity contribution in [3.63, 3.8) is 0 Å². The number of nitrogens with one attached hydrogen (secondary N) is 1. The van der Waals surface area contributed by atoms with E-state index in [1.54, 1.807) is 59.5 Å². The molecule has 1 saturated heterocycles. The number of anilines is 1. The monoisotopic (exact) mass is 410 g/mol. The topological polar surface area (TPSA) is 58.6 Å². The van der Waals surface area contributed by atoms with Crippen LogP contribution >= 0.6 is 11.3 Å². The highest BCUT2D eigenvalue weighted by Gasteiger charge is 2.22. The van der Waals surface area contributed by atoms with Gasteiger partial charge in [0.25, 0.3) is 11.8 Å². The first-order valence-corrected chi connectivity index (χ1v) is 10.1. The second-order valence-electron chi connectivity index (χ2n) is 6.55. The largest absolute Gasteiger partial charge is 0.378 e. The normalized spacial score (nSPS) is 13.9. The Hall–Kier alpha value is -3.03. The molecule has 0 radical (unpaired) electrons. The third-order valence-corrected chi connectivity index (χ3v) is 5.79. The molecule has 1 fully saturated rings. The second kappa shape index (κ2) is 8.55. The fraction of sp³-hybridized carbons (Fsp3) is 0.182. The Morgan fingerprint density at radius 1 is 0.966 bits per heavy atom. The molecule has 1 N–H and O–H groups in total. The zero-order valence-corrected chi connectivity index (χ0v) is 16.4. The summed E-state index contributed by atoms with van der Waals surface area (Å²) in [5, 5.41) is 2.83. The SMILES string of the molecule is O=C(Nc1ccccc1C(=O)N1CCOCC1)c1ccc(-c2ccccc2F)s1. The molecule has 0 saturated carbocycles. The summed E-state index contributed by atoms with van der Waals surface area (Å²) in [7, 11) is 0. The number of carbonyl (C=O) groups excluding carboxylic acids is 2. The molecule has 4 rings (SSSR count). The van der Waals surface area contributed by atoms with Gasteiger partial charge in [-0.1, -0.05) is 30.3 Å². The van der Waals surface area contributed by atoms with Crippen LogP contribution in [0.15, 0.2) is 60.7 Å². The molecule has 29 heavy (non-hydrogen) atoms. The zero-order valence-electron chi connectivity index (χ0n) is 15.6. The van der Waals surface area contributed by atoms with Crippen LogP contribution in [0.3, 0.4) is 0 Å². The van der Waals surface area contributed by atoms with Crippen LogP contribution in [-0.4, -0.2) is 43.0 Å². The average molecular weight is 410 g/mol. The minimum atomic E-state index is -0.334. The van der Waals surface area contributed by atoms with E-state index in [9.17, 15) is 14.0 Å². The van der Waals surface area contributed by atoms with Crippen LogP contribution in [0.5, 0.6) is 0 Å². The number of nitrogens with zero attached hydrogens (tertiary/aromatic N) is 1. The van der Waals surface area contributed by atoms with Gasteiger partial charge in [0.2, 0.25) is 0 Å². The van der Waals surface area contributed by atoms with E-state index in [1.807, 2.05) is 0 Å². The molecule has 5 nitrogen and oxygen atoms in total. The van der Waals surface area contributed by atoms with Crippen LogP contribution in [0.2, 0.25) is 0 Å². The van der Waals surface area contributed by atoms with Crippen molar-refractivity contribution in [2.75, 3.05) is 31.6 Å². The highest BCUT2D eigenvalue weighted by molar-refractivity contribution is 7.17. The Kier molecular flexibility index (Phi) is 5.69. The van der Waals surface area contributed by atoms with Gasteiger partial charge >= 0.3 is 0 Å². The third kappa shape index (κ3) is 4.21. The summed E-state index contributed by atoms with van der Waals surface area (Å²) in [6.45, 7) is 2.07. The number of carbonyl (C=O) groups is 2. The molecule has 0 unspecified atom stereocenters. The lowest BCUT2D eigenvalue weighted by atomic mass is 10.1. The van der Waals surface area contributed by atoms with E-state index >= 15 is 0 Å². The molecule has 0 bridgehead atoms. The maximum atomic E-state index is 14.0. The van der Waals surface area contributed by atoms with Crippen molar-refractivity contribution in [3.05, 3.63) is 76.9 Å². The number of thiophene rings is 1. The number of ether oxygens (including phenoxy) is 1. The van der Waals surface area contributed by atoms with Gasteiger partial charge in [-0.05, 0) is 30.3 Å². The summed E-state index contributed by atoms with van der Waals surface area (Å²) in [6.07, 6.45) is 0. The number of halogens is 1. The quantitative estimate of drug-likeness (QED) is 0.699. The molecule has 3 aromatic rings. The van der Waals surface area contributed by atoms with Crippen molar-refractivity contribution in [2.45, 2.75) is 0 Å².